The van der Waals surface area contributed by atoms with E-state index >= 15 is 0 Å². The summed E-state index contributed by atoms with van der Waals surface area (Å²) in [6.45, 7) is 8.99. The number of hydrogen-bond acceptors (Lipinski definition) is 3. The molecule has 0 aliphatic heterocycles. The maximum absolute atomic E-state index is 9.85. The molecule has 1 aromatic carbocycles. The predicted octanol–water partition coefficient (Wildman–Crippen LogP) is 2.35. The number of guanidine groups is 1. The summed E-state index contributed by atoms with van der Waals surface area (Å²) in [6, 6.07) is 5.89. The van der Waals surface area contributed by atoms with Crippen LogP contribution < -0.4 is 10.6 Å². The molecule has 6 nitrogen and oxygen atoms in total. The van der Waals surface area contributed by atoms with E-state index in [2.05, 4.69) is 27.6 Å². The van der Waals surface area contributed by atoms with E-state index < -0.39 is 0 Å². The summed E-state index contributed by atoms with van der Waals surface area (Å²) >= 11 is 0. The fraction of sp³-hybridized carbons (Fsp3) is 0.444. The Morgan fingerprint density at radius 3 is 2.62 bits per heavy atom. The van der Waals surface area contributed by atoms with E-state index in [1.54, 1.807) is 6.20 Å². The van der Waals surface area contributed by atoms with Gasteiger partial charge >= 0.3 is 0 Å². The number of aromatic hydroxyl groups is 1. The van der Waals surface area contributed by atoms with Gasteiger partial charge in [-0.05, 0) is 49.9 Å². The van der Waals surface area contributed by atoms with Crippen LogP contribution in [0.1, 0.15) is 30.0 Å². The Balaban J connectivity index is 1.87. The van der Waals surface area contributed by atoms with Gasteiger partial charge in [-0.25, -0.2) is 4.99 Å². The molecule has 0 atom stereocenters. The molecule has 0 fully saturated rings. The molecule has 0 saturated heterocycles. The molecule has 0 bridgehead atoms. The lowest BCUT2D eigenvalue weighted by atomic mass is 10.1. The molecular formula is C18H27N5O. The van der Waals surface area contributed by atoms with E-state index in [4.69, 9.17) is 0 Å². The molecule has 0 saturated carbocycles. The van der Waals surface area contributed by atoms with E-state index in [1.165, 1.54) is 0 Å². The van der Waals surface area contributed by atoms with Gasteiger partial charge < -0.3 is 15.7 Å². The highest BCUT2D eigenvalue weighted by atomic mass is 16.3. The fourth-order valence-corrected chi connectivity index (χ4v) is 2.53. The largest absolute Gasteiger partial charge is 0.507 e. The molecule has 0 amide bonds. The lowest BCUT2D eigenvalue weighted by molar-refractivity contribution is 0.466. The van der Waals surface area contributed by atoms with Crippen molar-refractivity contribution in [2.75, 3.05) is 13.1 Å². The van der Waals surface area contributed by atoms with Gasteiger partial charge in [0, 0.05) is 32.0 Å². The van der Waals surface area contributed by atoms with Gasteiger partial charge in [-0.3, -0.25) is 4.68 Å². The van der Waals surface area contributed by atoms with Crippen LogP contribution >= 0.6 is 0 Å². The van der Waals surface area contributed by atoms with Crippen LogP contribution in [0, 0.1) is 13.8 Å². The normalized spacial score (nSPS) is 11.5. The molecule has 3 N–H and O–H groups in total. The zero-order valence-corrected chi connectivity index (χ0v) is 14.7. The maximum Gasteiger partial charge on any atom is 0.191 e. The summed E-state index contributed by atoms with van der Waals surface area (Å²) in [4.78, 5) is 4.62. The lowest BCUT2D eigenvalue weighted by Gasteiger charge is -2.12. The number of nitrogens with zero attached hydrogens (tertiary/aromatic N) is 3. The van der Waals surface area contributed by atoms with Crippen molar-refractivity contribution in [2.45, 2.75) is 40.3 Å². The summed E-state index contributed by atoms with van der Waals surface area (Å²) in [6.07, 6.45) is 4.74. The predicted molar refractivity (Wildman–Crippen MR) is 97.2 cm³/mol. The van der Waals surface area contributed by atoms with Crippen LogP contribution in [0.5, 0.6) is 5.75 Å². The molecule has 2 aromatic rings. The highest BCUT2D eigenvalue weighted by Crippen LogP contribution is 2.23. The lowest BCUT2D eigenvalue weighted by Crippen LogP contribution is -2.38. The van der Waals surface area contributed by atoms with Crippen LogP contribution in [0.3, 0.4) is 0 Å². The van der Waals surface area contributed by atoms with Crippen molar-refractivity contribution in [2.24, 2.45) is 4.99 Å². The molecule has 6 heteroatoms. The van der Waals surface area contributed by atoms with Crippen molar-refractivity contribution in [3.63, 3.8) is 0 Å². The minimum Gasteiger partial charge on any atom is -0.507 e. The van der Waals surface area contributed by atoms with Crippen molar-refractivity contribution >= 4 is 5.96 Å². The Morgan fingerprint density at radius 1 is 1.25 bits per heavy atom. The van der Waals surface area contributed by atoms with E-state index in [1.807, 2.05) is 42.9 Å². The summed E-state index contributed by atoms with van der Waals surface area (Å²) in [5.41, 5.74) is 2.87. The first kappa shape index (κ1) is 17.8. The van der Waals surface area contributed by atoms with Crippen molar-refractivity contribution in [3.05, 3.63) is 47.3 Å². The average molecular weight is 329 g/mol. The number of nitrogens with one attached hydrogen (secondary N) is 2. The third-order valence-electron chi connectivity index (χ3n) is 3.73. The number of aryl methyl sites for hydroxylation is 3. The molecule has 0 aliphatic carbocycles. The Hall–Kier alpha value is -2.50. The number of benzene rings is 1. The van der Waals surface area contributed by atoms with Gasteiger partial charge in [0.25, 0.3) is 0 Å². The Kier molecular flexibility index (Phi) is 6.66. The van der Waals surface area contributed by atoms with Crippen LogP contribution in [0.25, 0.3) is 0 Å². The zero-order chi connectivity index (χ0) is 17.4. The van der Waals surface area contributed by atoms with Gasteiger partial charge in [0.2, 0.25) is 0 Å². The maximum atomic E-state index is 9.85. The Labute approximate surface area is 143 Å². The minimum atomic E-state index is 0.367. The molecule has 1 heterocycles. The molecular weight excluding hydrogens is 302 g/mol. The van der Waals surface area contributed by atoms with E-state index in [0.717, 1.165) is 48.7 Å². The molecule has 2 rings (SSSR count). The second-order valence-electron chi connectivity index (χ2n) is 5.82. The molecule has 1 aromatic heterocycles. The highest BCUT2D eigenvalue weighted by Gasteiger charge is 2.04. The van der Waals surface area contributed by atoms with Crippen LogP contribution in [0.2, 0.25) is 0 Å². The number of aromatic nitrogens is 2. The monoisotopic (exact) mass is 329 g/mol. The minimum absolute atomic E-state index is 0.367. The van der Waals surface area contributed by atoms with Crippen molar-refractivity contribution < 1.29 is 5.11 Å². The number of phenols is 1. The van der Waals surface area contributed by atoms with Crippen LogP contribution in [-0.2, 0) is 13.1 Å². The Bertz CT molecular complexity index is 641. The van der Waals surface area contributed by atoms with Gasteiger partial charge in [-0.2, -0.15) is 5.10 Å². The number of rotatable bonds is 7. The third-order valence-corrected chi connectivity index (χ3v) is 3.73. The van der Waals surface area contributed by atoms with E-state index in [-0.39, 0.29) is 0 Å². The summed E-state index contributed by atoms with van der Waals surface area (Å²) in [5.74, 6) is 1.17. The van der Waals surface area contributed by atoms with Gasteiger partial charge in [0.05, 0.1) is 6.54 Å². The second-order valence-corrected chi connectivity index (χ2v) is 5.82. The van der Waals surface area contributed by atoms with E-state index in [9.17, 15) is 5.11 Å². The van der Waals surface area contributed by atoms with Gasteiger partial charge in [0.1, 0.15) is 5.75 Å². The fourth-order valence-electron chi connectivity index (χ4n) is 2.53. The van der Waals surface area contributed by atoms with Gasteiger partial charge in [-0.1, -0.05) is 12.1 Å². The first-order valence-corrected chi connectivity index (χ1v) is 8.39. The molecule has 130 valence electrons. The standard InChI is InChI=1S/C18H27N5O/c1-4-19-18(20-7-5-9-23-10-6-8-22-23)21-13-16-11-14(2)17(24)15(3)12-16/h6,8,10-12,24H,4-5,7,9,13H2,1-3H3,(H2,19,20,21). The molecule has 0 spiro atoms. The second kappa shape index (κ2) is 8.96. The van der Waals surface area contributed by atoms with Crippen molar-refractivity contribution in [3.8, 4) is 5.75 Å². The summed E-state index contributed by atoms with van der Waals surface area (Å²) in [7, 11) is 0. The topological polar surface area (TPSA) is 74.5 Å². The van der Waals surface area contributed by atoms with Crippen LogP contribution in [-0.4, -0.2) is 33.9 Å². The molecule has 0 aliphatic rings. The van der Waals surface area contributed by atoms with E-state index in [0.29, 0.717) is 12.3 Å². The van der Waals surface area contributed by atoms with Crippen molar-refractivity contribution in [1.82, 2.24) is 20.4 Å². The Morgan fingerprint density at radius 2 is 2.00 bits per heavy atom. The first-order valence-electron chi connectivity index (χ1n) is 8.39. The SMILES string of the molecule is CCNC(=NCc1cc(C)c(O)c(C)c1)NCCCn1cccn1. The average Bonchev–Trinajstić information content (AvgIpc) is 3.07. The number of hydrogen-bond donors (Lipinski definition) is 3. The highest BCUT2D eigenvalue weighted by molar-refractivity contribution is 5.79. The van der Waals surface area contributed by atoms with Crippen molar-refractivity contribution in [1.29, 1.82) is 0 Å². The smallest absolute Gasteiger partial charge is 0.191 e. The summed E-state index contributed by atoms with van der Waals surface area (Å²) < 4.78 is 1.92. The summed E-state index contributed by atoms with van der Waals surface area (Å²) in [5, 5.41) is 20.6. The van der Waals surface area contributed by atoms with Gasteiger partial charge in [0.15, 0.2) is 5.96 Å². The van der Waals surface area contributed by atoms with Crippen LogP contribution in [0.4, 0.5) is 0 Å². The van der Waals surface area contributed by atoms with Crippen LogP contribution in [0.15, 0.2) is 35.6 Å². The third kappa shape index (κ3) is 5.30. The number of aliphatic imine (C=N–C) groups is 1. The van der Waals surface area contributed by atoms with Gasteiger partial charge in [-0.15, -0.1) is 0 Å². The first-order chi connectivity index (χ1) is 11.6. The quantitative estimate of drug-likeness (QED) is 0.414. The zero-order valence-electron chi connectivity index (χ0n) is 14.7. The molecule has 0 unspecified atom stereocenters. The number of phenolic OH excluding ortho intramolecular Hbond substituents is 1. The molecule has 24 heavy (non-hydrogen) atoms. The molecule has 0 radical (unpaired) electrons.